The number of furan rings is 1. The van der Waals surface area contributed by atoms with Gasteiger partial charge in [-0.25, -0.2) is 4.68 Å². The Morgan fingerprint density at radius 2 is 2.06 bits per heavy atom. The van der Waals surface area contributed by atoms with E-state index in [0.29, 0.717) is 54.7 Å². The molecule has 0 N–H and O–H groups in total. The van der Waals surface area contributed by atoms with Gasteiger partial charge in [0.25, 0.3) is 5.91 Å². The summed E-state index contributed by atoms with van der Waals surface area (Å²) in [6.07, 6.45) is 2.94. The third-order valence-corrected chi connectivity index (χ3v) is 6.10. The number of amides is 2. The maximum Gasteiger partial charge on any atom is 0.310 e. The van der Waals surface area contributed by atoms with Crippen molar-refractivity contribution in [1.82, 2.24) is 19.6 Å². The maximum atomic E-state index is 13.2. The minimum atomic E-state index is -0.411. The van der Waals surface area contributed by atoms with Gasteiger partial charge in [0.05, 0.1) is 31.0 Å². The second kappa shape index (κ2) is 10.8. The molecule has 1 aromatic carbocycles. The summed E-state index contributed by atoms with van der Waals surface area (Å²) in [6.45, 7) is 2.78. The van der Waals surface area contributed by atoms with Crippen molar-refractivity contribution in [2.75, 3.05) is 33.3 Å². The summed E-state index contributed by atoms with van der Waals surface area (Å²) < 4.78 is 12.2. The first kappa shape index (κ1) is 24.5. The molecule has 1 atom stereocenters. The Kier molecular flexibility index (Phi) is 7.55. The van der Waals surface area contributed by atoms with E-state index in [1.807, 2.05) is 6.07 Å². The van der Waals surface area contributed by atoms with Gasteiger partial charge in [-0.1, -0.05) is 17.7 Å². The van der Waals surface area contributed by atoms with Gasteiger partial charge < -0.3 is 19.0 Å². The number of likely N-dealkylation sites (tertiary alicyclic amines) is 1. The van der Waals surface area contributed by atoms with Crippen LogP contribution in [0.1, 0.15) is 30.3 Å². The van der Waals surface area contributed by atoms with E-state index in [-0.39, 0.29) is 30.0 Å². The predicted octanol–water partition coefficient (Wildman–Crippen LogP) is 3.66. The van der Waals surface area contributed by atoms with Crippen molar-refractivity contribution in [2.45, 2.75) is 19.8 Å². The molecule has 2 aromatic heterocycles. The minimum absolute atomic E-state index is 0.130. The van der Waals surface area contributed by atoms with Crippen LogP contribution in [0.2, 0.25) is 5.02 Å². The lowest BCUT2D eigenvalue weighted by Gasteiger charge is -2.32. The average Bonchev–Trinajstić information content (AvgIpc) is 3.54. The molecule has 1 fully saturated rings. The number of aromatic nitrogens is 2. The molecule has 9 nitrogen and oxygen atoms in total. The van der Waals surface area contributed by atoms with Gasteiger partial charge in [0, 0.05) is 31.2 Å². The predicted molar refractivity (Wildman–Crippen MR) is 129 cm³/mol. The second-order valence-corrected chi connectivity index (χ2v) is 8.81. The standard InChI is InChI=1S/C25H27ClN4O5/c1-3-34-25(33)17-7-5-11-29(15-17)23(31)16-28(2)24(32)20-14-21(22-10-6-12-35-22)30(27-20)19-9-4-8-18(26)13-19/h4,6,8-10,12-14,17H,3,5,7,11,15-16H2,1-2H3. The highest BCUT2D eigenvalue weighted by Gasteiger charge is 2.30. The topological polar surface area (TPSA) is 97.9 Å². The number of hydrogen-bond donors (Lipinski definition) is 0. The molecule has 184 valence electrons. The van der Waals surface area contributed by atoms with Crippen LogP contribution in [0.4, 0.5) is 0 Å². The maximum absolute atomic E-state index is 13.2. The van der Waals surface area contributed by atoms with Gasteiger partial charge in [-0.05, 0) is 50.1 Å². The van der Waals surface area contributed by atoms with Gasteiger partial charge in [0.15, 0.2) is 11.5 Å². The molecule has 0 aliphatic carbocycles. The van der Waals surface area contributed by atoms with Crippen LogP contribution in [0, 0.1) is 5.92 Å². The molecule has 0 spiro atoms. The summed E-state index contributed by atoms with van der Waals surface area (Å²) in [6, 6.07) is 12.2. The Balaban J connectivity index is 1.50. The van der Waals surface area contributed by atoms with Crippen molar-refractivity contribution >= 4 is 29.4 Å². The van der Waals surface area contributed by atoms with Gasteiger partial charge in [-0.2, -0.15) is 5.10 Å². The number of halogens is 1. The van der Waals surface area contributed by atoms with E-state index in [2.05, 4.69) is 5.10 Å². The smallest absolute Gasteiger partial charge is 0.310 e. The summed E-state index contributed by atoms with van der Waals surface area (Å²) in [5.41, 5.74) is 1.41. The number of hydrogen-bond acceptors (Lipinski definition) is 6. The number of nitrogens with zero attached hydrogens (tertiary/aromatic N) is 4. The number of piperidine rings is 1. The van der Waals surface area contributed by atoms with Crippen LogP contribution >= 0.6 is 11.6 Å². The first-order chi connectivity index (χ1) is 16.9. The molecule has 1 saturated heterocycles. The summed E-state index contributed by atoms with van der Waals surface area (Å²) in [7, 11) is 1.55. The fraction of sp³-hybridized carbons (Fsp3) is 0.360. The molecule has 0 radical (unpaired) electrons. The molecule has 35 heavy (non-hydrogen) atoms. The first-order valence-corrected chi connectivity index (χ1v) is 11.8. The molecule has 1 unspecified atom stereocenters. The number of carbonyl (C=O) groups excluding carboxylic acids is 3. The highest BCUT2D eigenvalue weighted by Crippen LogP contribution is 2.26. The summed E-state index contributed by atoms with van der Waals surface area (Å²) in [5.74, 6) is -0.723. The molecule has 2 amide bonds. The number of carbonyl (C=O) groups is 3. The molecule has 0 bridgehead atoms. The molecule has 3 heterocycles. The van der Waals surface area contributed by atoms with Gasteiger partial charge in [0.1, 0.15) is 5.69 Å². The number of esters is 1. The third kappa shape index (κ3) is 5.57. The van der Waals surface area contributed by atoms with Crippen LogP contribution in [0.15, 0.2) is 53.1 Å². The monoisotopic (exact) mass is 498 g/mol. The Hall–Kier alpha value is -3.59. The highest BCUT2D eigenvalue weighted by molar-refractivity contribution is 6.30. The van der Waals surface area contributed by atoms with E-state index in [0.717, 1.165) is 0 Å². The summed E-state index contributed by atoms with van der Waals surface area (Å²) in [4.78, 5) is 41.2. The molecule has 10 heteroatoms. The van der Waals surface area contributed by atoms with Crippen LogP contribution in [0.25, 0.3) is 17.1 Å². The summed E-state index contributed by atoms with van der Waals surface area (Å²) in [5, 5.41) is 5.02. The minimum Gasteiger partial charge on any atom is -0.466 e. The quantitative estimate of drug-likeness (QED) is 0.461. The van der Waals surface area contributed by atoms with Crippen LogP contribution in [-0.4, -0.2) is 70.7 Å². The summed E-state index contributed by atoms with van der Waals surface area (Å²) >= 11 is 6.16. The normalized spacial score (nSPS) is 15.6. The molecular weight excluding hydrogens is 472 g/mol. The number of likely N-dealkylation sites (N-methyl/N-ethyl adjacent to an activating group) is 1. The number of benzene rings is 1. The van der Waals surface area contributed by atoms with Crippen LogP contribution < -0.4 is 0 Å². The average molecular weight is 499 g/mol. The Morgan fingerprint density at radius 1 is 1.23 bits per heavy atom. The second-order valence-electron chi connectivity index (χ2n) is 8.38. The van der Waals surface area contributed by atoms with Crippen molar-refractivity contribution in [2.24, 2.45) is 5.92 Å². The Bertz CT molecular complexity index is 1210. The Labute approximate surface area is 208 Å². The number of ether oxygens (including phenoxy) is 1. The molecule has 1 aliphatic heterocycles. The highest BCUT2D eigenvalue weighted by atomic mass is 35.5. The van der Waals surface area contributed by atoms with E-state index < -0.39 is 5.91 Å². The third-order valence-electron chi connectivity index (χ3n) is 5.87. The van der Waals surface area contributed by atoms with Crippen molar-refractivity contribution in [3.63, 3.8) is 0 Å². The van der Waals surface area contributed by atoms with Gasteiger partial charge >= 0.3 is 5.97 Å². The molecule has 3 aromatic rings. The van der Waals surface area contributed by atoms with Crippen LogP contribution in [0.3, 0.4) is 0 Å². The van der Waals surface area contributed by atoms with Gasteiger partial charge in [-0.3, -0.25) is 14.4 Å². The lowest BCUT2D eigenvalue weighted by Crippen LogP contribution is -2.47. The van der Waals surface area contributed by atoms with Gasteiger partial charge in [0.2, 0.25) is 5.91 Å². The molecule has 1 aliphatic rings. The van der Waals surface area contributed by atoms with Crippen LogP contribution in [0.5, 0.6) is 0 Å². The zero-order valence-corrected chi connectivity index (χ0v) is 20.4. The molecule has 0 saturated carbocycles. The van der Waals surface area contributed by atoms with Crippen molar-refractivity contribution in [3.8, 4) is 17.1 Å². The molecule has 4 rings (SSSR count). The van der Waals surface area contributed by atoms with Crippen molar-refractivity contribution < 1.29 is 23.5 Å². The SMILES string of the molecule is CCOC(=O)C1CCCN(C(=O)CN(C)C(=O)c2cc(-c3ccco3)n(-c3cccc(Cl)c3)n2)C1. The fourth-order valence-corrected chi connectivity index (χ4v) is 4.30. The largest absolute Gasteiger partial charge is 0.466 e. The first-order valence-electron chi connectivity index (χ1n) is 11.5. The van der Waals surface area contributed by atoms with E-state index in [9.17, 15) is 14.4 Å². The Morgan fingerprint density at radius 3 is 2.77 bits per heavy atom. The van der Waals surface area contributed by atoms with Crippen molar-refractivity contribution in [3.05, 3.63) is 59.4 Å². The zero-order chi connectivity index (χ0) is 24.9. The van der Waals surface area contributed by atoms with Gasteiger partial charge in [-0.15, -0.1) is 0 Å². The van der Waals surface area contributed by atoms with Crippen molar-refractivity contribution in [1.29, 1.82) is 0 Å². The fourth-order valence-electron chi connectivity index (χ4n) is 4.12. The molecular formula is C25H27ClN4O5. The zero-order valence-electron chi connectivity index (χ0n) is 19.6. The van der Waals surface area contributed by atoms with Crippen LogP contribution in [-0.2, 0) is 14.3 Å². The lowest BCUT2D eigenvalue weighted by molar-refractivity contribution is -0.151. The van der Waals surface area contributed by atoms with E-state index in [1.165, 1.54) is 4.90 Å². The van der Waals surface area contributed by atoms with E-state index >= 15 is 0 Å². The lowest BCUT2D eigenvalue weighted by atomic mass is 9.98. The van der Waals surface area contributed by atoms with E-state index in [4.69, 9.17) is 20.8 Å². The number of rotatable bonds is 7. The van der Waals surface area contributed by atoms with E-state index in [1.54, 1.807) is 66.2 Å².